The van der Waals surface area contributed by atoms with Crippen LogP contribution in [0.3, 0.4) is 0 Å². The molecule has 1 aromatic carbocycles. The number of hydrogen-bond donors (Lipinski definition) is 1. The second-order valence-electron chi connectivity index (χ2n) is 3.32. The molecule has 0 aliphatic rings. The average molecular weight is 362 g/mol. The maximum atomic E-state index is 8.95. The summed E-state index contributed by atoms with van der Waals surface area (Å²) in [5, 5.41) is 9.33. The van der Waals surface area contributed by atoms with Gasteiger partial charge in [0.2, 0.25) is 5.88 Å². The number of benzene rings is 1. The summed E-state index contributed by atoms with van der Waals surface area (Å²) in [6.07, 6.45) is 1.54. The van der Waals surface area contributed by atoms with Crippen molar-refractivity contribution in [3.05, 3.63) is 50.7 Å². The third-order valence-corrected chi connectivity index (χ3v) is 3.25. The first-order valence-corrected chi connectivity index (χ1v) is 6.34. The Bertz CT molecular complexity index is 534. The first-order valence-electron chi connectivity index (χ1n) is 4.88. The van der Waals surface area contributed by atoms with Crippen LogP contribution in [0.1, 0.15) is 5.56 Å². The molecule has 1 heterocycles. The topological polar surface area (TPSA) is 42.4 Å². The molecule has 2 aromatic rings. The number of nitrogens with zero attached hydrogens (tertiary/aromatic N) is 1. The Labute approximate surface area is 118 Å². The van der Waals surface area contributed by atoms with Crippen molar-refractivity contribution < 1.29 is 9.84 Å². The Kier molecular flexibility index (Phi) is 4.20. The number of aromatic nitrogens is 1. The predicted molar refractivity (Wildman–Crippen MR) is 74.4 cm³/mol. The highest BCUT2D eigenvalue weighted by Gasteiger charge is 2.07. The van der Waals surface area contributed by atoms with E-state index in [2.05, 4.69) is 27.6 Å². The first-order chi connectivity index (χ1) is 8.20. The van der Waals surface area contributed by atoms with Crippen LogP contribution in [0.15, 0.2) is 36.5 Å². The lowest BCUT2D eigenvalue weighted by Crippen LogP contribution is -1.93. The Morgan fingerprint density at radius 3 is 2.76 bits per heavy atom. The average Bonchev–Trinajstić information content (AvgIpc) is 2.34. The molecule has 0 fully saturated rings. The molecular weight excluding hydrogens is 352 g/mol. The highest BCUT2D eigenvalue weighted by molar-refractivity contribution is 14.1. The molecule has 0 amide bonds. The molecule has 0 aliphatic carbocycles. The number of aliphatic hydroxyl groups excluding tert-OH is 1. The predicted octanol–water partition coefficient (Wildman–Crippen LogP) is 3.62. The van der Waals surface area contributed by atoms with Gasteiger partial charge >= 0.3 is 0 Å². The lowest BCUT2D eigenvalue weighted by Gasteiger charge is -2.08. The van der Waals surface area contributed by atoms with E-state index in [4.69, 9.17) is 21.4 Å². The van der Waals surface area contributed by atoms with Gasteiger partial charge in [0, 0.05) is 6.20 Å². The monoisotopic (exact) mass is 361 g/mol. The largest absolute Gasteiger partial charge is 0.436 e. The van der Waals surface area contributed by atoms with Gasteiger partial charge in [-0.2, -0.15) is 0 Å². The summed E-state index contributed by atoms with van der Waals surface area (Å²) in [5.41, 5.74) is 0.658. The van der Waals surface area contributed by atoms with Gasteiger partial charge in [-0.15, -0.1) is 0 Å². The van der Waals surface area contributed by atoms with Crippen molar-refractivity contribution in [2.24, 2.45) is 0 Å². The van der Waals surface area contributed by atoms with E-state index in [1.54, 1.807) is 6.07 Å². The molecule has 88 valence electrons. The van der Waals surface area contributed by atoms with Crippen LogP contribution in [0.25, 0.3) is 0 Å². The van der Waals surface area contributed by atoms with Crippen molar-refractivity contribution in [3.8, 4) is 11.6 Å². The molecule has 0 saturated carbocycles. The van der Waals surface area contributed by atoms with Crippen molar-refractivity contribution in [2.45, 2.75) is 6.61 Å². The summed E-state index contributed by atoms with van der Waals surface area (Å²) in [4.78, 5) is 4.07. The maximum Gasteiger partial charge on any atom is 0.238 e. The third-order valence-electron chi connectivity index (χ3n) is 2.09. The van der Waals surface area contributed by atoms with Gasteiger partial charge in [-0.3, -0.25) is 0 Å². The zero-order valence-corrected chi connectivity index (χ0v) is 11.6. The van der Waals surface area contributed by atoms with Crippen LogP contribution < -0.4 is 4.74 Å². The fraction of sp³-hybridized carbons (Fsp3) is 0.0833. The molecule has 0 bridgehead atoms. The van der Waals surface area contributed by atoms with E-state index in [0.29, 0.717) is 22.2 Å². The molecular formula is C12H9ClINO2. The zero-order valence-electron chi connectivity index (χ0n) is 8.73. The standard InChI is InChI=1S/C12H9ClINO2/c13-9-5-8(7-16)6-15-12(9)17-11-4-2-1-3-10(11)14/h1-6,16H,7H2. The highest BCUT2D eigenvalue weighted by Crippen LogP contribution is 2.30. The molecule has 1 aromatic heterocycles. The molecule has 0 unspecified atom stereocenters. The molecule has 0 saturated heterocycles. The van der Waals surface area contributed by atoms with Gasteiger partial charge in [0.05, 0.1) is 10.2 Å². The summed E-state index contributed by atoms with van der Waals surface area (Å²) in [6.45, 7) is -0.0874. The van der Waals surface area contributed by atoms with E-state index >= 15 is 0 Å². The quantitative estimate of drug-likeness (QED) is 0.849. The number of para-hydroxylation sites is 1. The van der Waals surface area contributed by atoms with Crippen LogP contribution in [-0.4, -0.2) is 10.1 Å². The second kappa shape index (κ2) is 5.66. The van der Waals surface area contributed by atoms with Crippen molar-refractivity contribution in [1.29, 1.82) is 0 Å². The zero-order chi connectivity index (χ0) is 12.3. The lowest BCUT2D eigenvalue weighted by molar-refractivity contribution is 0.281. The van der Waals surface area contributed by atoms with Crippen molar-refractivity contribution in [3.63, 3.8) is 0 Å². The SMILES string of the molecule is OCc1cnc(Oc2ccccc2I)c(Cl)c1. The summed E-state index contributed by atoms with van der Waals surface area (Å²) < 4.78 is 6.59. The minimum Gasteiger partial charge on any atom is -0.436 e. The van der Waals surface area contributed by atoms with Crippen molar-refractivity contribution in [1.82, 2.24) is 4.98 Å². The van der Waals surface area contributed by atoms with Gasteiger partial charge in [-0.05, 0) is 46.4 Å². The van der Waals surface area contributed by atoms with Gasteiger partial charge < -0.3 is 9.84 Å². The van der Waals surface area contributed by atoms with E-state index in [-0.39, 0.29) is 6.61 Å². The summed E-state index contributed by atoms with van der Waals surface area (Å²) >= 11 is 8.19. The number of hydrogen-bond acceptors (Lipinski definition) is 3. The normalized spacial score (nSPS) is 10.3. The van der Waals surface area contributed by atoms with E-state index in [9.17, 15) is 0 Å². The van der Waals surface area contributed by atoms with E-state index in [0.717, 1.165) is 3.57 Å². The number of ether oxygens (including phenoxy) is 1. The lowest BCUT2D eigenvalue weighted by atomic mass is 10.3. The van der Waals surface area contributed by atoms with Crippen LogP contribution in [0.5, 0.6) is 11.6 Å². The van der Waals surface area contributed by atoms with Crippen molar-refractivity contribution in [2.75, 3.05) is 0 Å². The Morgan fingerprint density at radius 1 is 1.35 bits per heavy atom. The van der Waals surface area contributed by atoms with Crippen LogP contribution in [0.4, 0.5) is 0 Å². The Morgan fingerprint density at radius 2 is 2.12 bits per heavy atom. The Balaban J connectivity index is 2.28. The molecule has 0 atom stereocenters. The van der Waals surface area contributed by atoms with E-state index < -0.39 is 0 Å². The van der Waals surface area contributed by atoms with Gasteiger partial charge in [-0.1, -0.05) is 23.7 Å². The molecule has 2 rings (SSSR count). The fourth-order valence-electron chi connectivity index (χ4n) is 1.26. The van der Waals surface area contributed by atoms with E-state index in [1.165, 1.54) is 6.20 Å². The van der Waals surface area contributed by atoms with Crippen LogP contribution in [-0.2, 0) is 6.61 Å². The summed E-state index contributed by atoms with van der Waals surface area (Å²) in [6, 6.07) is 9.23. The molecule has 0 aliphatic heterocycles. The Hall–Kier alpha value is -0.850. The number of rotatable bonds is 3. The van der Waals surface area contributed by atoms with Gasteiger partial charge in [0.15, 0.2) is 0 Å². The molecule has 0 spiro atoms. The minimum atomic E-state index is -0.0874. The second-order valence-corrected chi connectivity index (χ2v) is 4.89. The summed E-state index contributed by atoms with van der Waals surface area (Å²) in [5.74, 6) is 1.05. The van der Waals surface area contributed by atoms with Crippen LogP contribution in [0, 0.1) is 3.57 Å². The third kappa shape index (κ3) is 3.08. The molecule has 3 nitrogen and oxygen atoms in total. The van der Waals surface area contributed by atoms with Gasteiger partial charge in [0.1, 0.15) is 10.8 Å². The van der Waals surface area contributed by atoms with E-state index in [1.807, 2.05) is 24.3 Å². The van der Waals surface area contributed by atoms with Crippen LogP contribution >= 0.6 is 34.2 Å². The molecule has 1 N–H and O–H groups in total. The first kappa shape index (κ1) is 12.6. The summed E-state index contributed by atoms with van der Waals surface area (Å²) in [7, 11) is 0. The van der Waals surface area contributed by atoms with Gasteiger partial charge in [-0.25, -0.2) is 4.98 Å². The fourth-order valence-corrected chi connectivity index (χ4v) is 1.98. The molecule has 5 heteroatoms. The number of pyridine rings is 1. The van der Waals surface area contributed by atoms with Crippen molar-refractivity contribution >= 4 is 34.2 Å². The molecule has 17 heavy (non-hydrogen) atoms. The number of aliphatic hydroxyl groups is 1. The maximum absolute atomic E-state index is 8.95. The van der Waals surface area contributed by atoms with Gasteiger partial charge in [0.25, 0.3) is 0 Å². The number of halogens is 2. The molecule has 0 radical (unpaired) electrons. The minimum absolute atomic E-state index is 0.0874. The highest BCUT2D eigenvalue weighted by atomic mass is 127. The smallest absolute Gasteiger partial charge is 0.238 e. The van der Waals surface area contributed by atoms with Crippen LogP contribution in [0.2, 0.25) is 5.02 Å².